The van der Waals surface area contributed by atoms with Crippen LogP contribution in [0.15, 0.2) is 73.1 Å². The van der Waals surface area contributed by atoms with Gasteiger partial charge in [-0.3, -0.25) is 9.59 Å². The highest BCUT2D eigenvalue weighted by Crippen LogP contribution is 2.30. The van der Waals surface area contributed by atoms with E-state index in [2.05, 4.69) is 32.7 Å². The molecular formula is C31H35N7O2. The number of H-pyrrole nitrogens is 1. The van der Waals surface area contributed by atoms with E-state index in [1.54, 1.807) is 30.3 Å². The standard InChI is InChI=1S/C31H35N7O2/c1-21-19-33-31(36-29(21)26-20-32-27-8-5-4-7-25(26)27)35-24-14-17-38(18-15-24)30(40)22-10-12-23(13-11-22)34-28(39)9-6-16-37(2)3/h4-13,19-20,24,32H,14-18H2,1-3H3,(H,34,39)(H,33,35,36)/b9-6+. The molecule has 2 amide bonds. The number of rotatable bonds is 8. The summed E-state index contributed by atoms with van der Waals surface area (Å²) in [6.45, 7) is 4.01. The van der Waals surface area contributed by atoms with Crippen LogP contribution in [0.4, 0.5) is 11.6 Å². The monoisotopic (exact) mass is 537 g/mol. The number of fused-ring (bicyclic) bond motifs is 1. The molecule has 9 nitrogen and oxygen atoms in total. The Bertz CT molecular complexity index is 1520. The van der Waals surface area contributed by atoms with E-state index in [4.69, 9.17) is 4.98 Å². The number of aromatic amines is 1. The maximum absolute atomic E-state index is 13.1. The van der Waals surface area contributed by atoms with Crippen molar-refractivity contribution in [3.63, 3.8) is 0 Å². The third-order valence-electron chi connectivity index (χ3n) is 7.07. The summed E-state index contributed by atoms with van der Waals surface area (Å²) in [5.41, 5.74) is 5.33. The van der Waals surface area contributed by atoms with Gasteiger partial charge in [0.15, 0.2) is 0 Å². The minimum absolute atomic E-state index is 0.00425. The quantitative estimate of drug-likeness (QED) is 0.281. The number of carbonyl (C=O) groups is 2. The molecule has 206 valence electrons. The third kappa shape index (κ3) is 6.38. The van der Waals surface area contributed by atoms with Crippen molar-refractivity contribution in [2.75, 3.05) is 44.4 Å². The molecule has 40 heavy (non-hydrogen) atoms. The summed E-state index contributed by atoms with van der Waals surface area (Å²) < 4.78 is 0. The van der Waals surface area contributed by atoms with E-state index >= 15 is 0 Å². The molecule has 1 aliphatic rings. The van der Waals surface area contributed by atoms with Crippen LogP contribution in [-0.2, 0) is 4.79 Å². The first-order valence-electron chi connectivity index (χ1n) is 13.6. The number of nitrogens with zero attached hydrogens (tertiary/aromatic N) is 4. The number of amides is 2. The highest BCUT2D eigenvalue weighted by atomic mass is 16.2. The van der Waals surface area contributed by atoms with Gasteiger partial charge >= 0.3 is 0 Å². The van der Waals surface area contributed by atoms with Crippen LogP contribution in [0.25, 0.3) is 22.2 Å². The number of para-hydroxylation sites is 1. The molecule has 0 spiro atoms. The zero-order valence-electron chi connectivity index (χ0n) is 23.1. The van der Waals surface area contributed by atoms with Crippen LogP contribution in [-0.4, -0.2) is 76.3 Å². The van der Waals surface area contributed by atoms with Gasteiger partial charge in [0.1, 0.15) is 0 Å². The highest BCUT2D eigenvalue weighted by molar-refractivity contribution is 6.00. The van der Waals surface area contributed by atoms with Crippen molar-refractivity contribution in [1.82, 2.24) is 24.8 Å². The number of anilines is 2. The molecule has 1 saturated heterocycles. The minimum atomic E-state index is -0.193. The molecule has 2 aromatic carbocycles. The van der Waals surface area contributed by atoms with Gasteiger partial charge < -0.3 is 25.4 Å². The van der Waals surface area contributed by atoms with Gasteiger partial charge in [-0.15, -0.1) is 0 Å². The lowest BCUT2D eigenvalue weighted by Gasteiger charge is -2.32. The number of nitrogens with one attached hydrogen (secondary N) is 3. The van der Waals surface area contributed by atoms with E-state index in [1.807, 2.05) is 55.3 Å². The number of aryl methyl sites for hydroxylation is 1. The normalized spacial score (nSPS) is 14.2. The number of hydrogen-bond acceptors (Lipinski definition) is 6. The summed E-state index contributed by atoms with van der Waals surface area (Å²) >= 11 is 0. The predicted molar refractivity (Wildman–Crippen MR) is 159 cm³/mol. The molecule has 0 saturated carbocycles. The van der Waals surface area contributed by atoms with Crippen molar-refractivity contribution in [1.29, 1.82) is 0 Å². The summed E-state index contributed by atoms with van der Waals surface area (Å²) in [7, 11) is 3.88. The first-order chi connectivity index (χ1) is 19.4. The van der Waals surface area contributed by atoms with E-state index in [1.165, 1.54) is 6.08 Å². The van der Waals surface area contributed by atoms with E-state index in [0.29, 0.717) is 36.8 Å². The molecule has 9 heteroatoms. The largest absolute Gasteiger partial charge is 0.360 e. The minimum Gasteiger partial charge on any atom is -0.360 e. The van der Waals surface area contributed by atoms with Gasteiger partial charge in [0.2, 0.25) is 11.9 Å². The SMILES string of the molecule is Cc1cnc(NC2CCN(C(=O)c3ccc(NC(=O)/C=C/CN(C)C)cc3)CC2)nc1-c1c[nH]c2ccccc12. The average molecular weight is 538 g/mol. The lowest BCUT2D eigenvalue weighted by Crippen LogP contribution is -2.42. The fourth-order valence-corrected chi connectivity index (χ4v) is 4.89. The van der Waals surface area contributed by atoms with Crippen LogP contribution in [0, 0.1) is 6.92 Å². The summed E-state index contributed by atoms with van der Waals surface area (Å²) in [6.07, 6.45) is 8.79. The maximum Gasteiger partial charge on any atom is 0.253 e. The van der Waals surface area contributed by atoms with Crippen LogP contribution < -0.4 is 10.6 Å². The fraction of sp³-hybridized carbons (Fsp3) is 0.290. The lowest BCUT2D eigenvalue weighted by molar-refractivity contribution is -0.111. The number of likely N-dealkylation sites (N-methyl/N-ethyl adjacent to an activating group) is 1. The summed E-state index contributed by atoms with van der Waals surface area (Å²) in [5.74, 6) is 0.405. The van der Waals surface area contributed by atoms with E-state index in [9.17, 15) is 9.59 Å². The Morgan fingerprint density at radius 3 is 2.60 bits per heavy atom. The molecule has 0 aliphatic carbocycles. The predicted octanol–water partition coefficient (Wildman–Crippen LogP) is 4.71. The zero-order valence-corrected chi connectivity index (χ0v) is 23.1. The molecule has 3 heterocycles. The Hall–Kier alpha value is -4.50. The van der Waals surface area contributed by atoms with Crippen LogP contribution in [0.3, 0.4) is 0 Å². The van der Waals surface area contributed by atoms with Gasteiger partial charge in [0, 0.05) is 71.9 Å². The molecule has 5 rings (SSSR count). The third-order valence-corrected chi connectivity index (χ3v) is 7.07. The smallest absolute Gasteiger partial charge is 0.253 e. The number of benzene rings is 2. The number of piperidine rings is 1. The van der Waals surface area contributed by atoms with Gasteiger partial charge in [-0.2, -0.15) is 0 Å². The van der Waals surface area contributed by atoms with Crippen LogP contribution in [0.1, 0.15) is 28.8 Å². The van der Waals surface area contributed by atoms with Crippen LogP contribution >= 0.6 is 0 Å². The van der Waals surface area contributed by atoms with Gasteiger partial charge in [0.05, 0.1) is 5.69 Å². The molecular weight excluding hydrogens is 502 g/mol. The second kappa shape index (κ2) is 12.1. The summed E-state index contributed by atoms with van der Waals surface area (Å²) in [5, 5.41) is 7.44. The Balaban J connectivity index is 1.16. The van der Waals surface area contributed by atoms with Crippen LogP contribution in [0.5, 0.6) is 0 Å². The van der Waals surface area contributed by atoms with Crippen molar-refractivity contribution in [2.24, 2.45) is 0 Å². The number of carbonyl (C=O) groups excluding carboxylic acids is 2. The van der Waals surface area contributed by atoms with Gasteiger partial charge in [-0.05, 0) is 69.8 Å². The highest BCUT2D eigenvalue weighted by Gasteiger charge is 2.24. The number of likely N-dealkylation sites (tertiary alicyclic amines) is 1. The van der Waals surface area contributed by atoms with Gasteiger partial charge in [0.25, 0.3) is 5.91 Å². The second-order valence-corrected chi connectivity index (χ2v) is 10.4. The molecule has 0 bridgehead atoms. The zero-order chi connectivity index (χ0) is 28.1. The molecule has 4 aromatic rings. The molecule has 1 fully saturated rings. The Morgan fingerprint density at radius 2 is 1.85 bits per heavy atom. The Kier molecular flexibility index (Phi) is 8.21. The van der Waals surface area contributed by atoms with E-state index < -0.39 is 0 Å². The van der Waals surface area contributed by atoms with E-state index in [0.717, 1.165) is 40.6 Å². The van der Waals surface area contributed by atoms with E-state index in [-0.39, 0.29) is 17.9 Å². The molecule has 3 N–H and O–H groups in total. The lowest BCUT2D eigenvalue weighted by atomic mass is 10.0. The summed E-state index contributed by atoms with van der Waals surface area (Å²) in [6, 6.07) is 15.4. The Labute approximate surface area is 234 Å². The molecule has 2 aromatic heterocycles. The van der Waals surface area contributed by atoms with Gasteiger partial charge in [-0.25, -0.2) is 9.97 Å². The van der Waals surface area contributed by atoms with Crippen LogP contribution in [0.2, 0.25) is 0 Å². The van der Waals surface area contributed by atoms with Crippen molar-refractivity contribution in [3.8, 4) is 11.3 Å². The molecule has 0 atom stereocenters. The number of hydrogen-bond donors (Lipinski definition) is 3. The summed E-state index contributed by atoms with van der Waals surface area (Å²) in [4.78, 5) is 41.7. The number of aromatic nitrogens is 3. The first kappa shape index (κ1) is 27.1. The van der Waals surface area contributed by atoms with Gasteiger partial charge in [-0.1, -0.05) is 24.3 Å². The Morgan fingerprint density at radius 1 is 1.10 bits per heavy atom. The van der Waals surface area contributed by atoms with Crippen molar-refractivity contribution >= 4 is 34.4 Å². The topological polar surface area (TPSA) is 106 Å². The van der Waals surface area contributed by atoms with Crippen molar-refractivity contribution in [3.05, 3.63) is 84.2 Å². The maximum atomic E-state index is 13.1. The van der Waals surface area contributed by atoms with Crippen molar-refractivity contribution < 1.29 is 9.59 Å². The molecule has 0 unspecified atom stereocenters. The molecule has 0 radical (unpaired) electrons. The molecule has 1 aliphatic heterocycles. The first-order valence-corrected chi connectivity index (χ1v) is 13.6. The second-order valence-electron chi connectivity index (χ2n) is 10.4. The average Bonchev–Trinajstić information content (AvgIpc) is 3.38. The fourth-order valence-electron chi connectivity index (χ4n) is 4.89. The van der Waals surface area contributed by atoms with Crippen molar-refractivity contribution in [2.45, 2.75) is 25.8 Å².